The first kappa shape index (κ1) is 12.2. The average Bonchev–Trinajstić information content (AvgIpc) is 2.23. The number of nitrogens with two attached hydrogens (primary N) is 1. The van der Waals surface area contributed by atoms with Crippen LogP contribution in [0.15, 0.2) is 4.90 Å². The molecule has 6 heteroatoms. The van der Waals surface area contributed by atoms with Crippen molar-refractivity contribution < 1.29 is 8.42 Å². The summed E-state index contributed by atoms with van der Waals surface area (Å²) in [5.41, 5.74) is 1.08. The maximum atomic E-state index is 11.3. The highest BCUT2D eigenvalue weighted by Crippen LogP contribution is 2.18. The summed E-state index contributed by atoms with van der Waals surface area (Å²) in [6.45, 7) is 8.17. The monoisotopic (exact) mass is 231 g/mol. The summed E-state index contributed by atoms with van der Waals surface area (Å²) in [5, 5.41) is 9.30. The molecule has 0 fully saturated rings. The molecular formula is C9H17N3O2S. The highest BCUT2D eigenvalue weighted by molar-refractivity contribution is 7.89. The molecule has 0 aliphatic heterocycles. The predicted octanol–water partition coefficient (Wildman–Crippen LogP) is 0.803. The van der Waals surface area contributed by atoms with Gasteiger partial charge in [0.25, 0.3) is 0 Å². The van der Waals surface area contributed by atoms with E-state index in [4.69, 9.17) is 5.14 Å². The molecule has 0 amide bonds. The van der Waals surface area contributed by atoms with Gasteiger partial charge in [0.05, 0.1) is 11.4 Å². The van der Waals surface area contributed by atoms with Crippen LogP contribution in [0.2, 0.25) is 0 Å². The van der Waals surface area contributed by atoms with Gasteiger partial charge in [-0.15, -0.1) is 0 Å². The fraction of sp³-hybridized carbons (Fsp3) is 0.667. The van der Waals surface area contributed by atoms with E-state index in [2.05, 4.69) is 5.10 Å². The number of primary sulfonamides is 1. The van der Waals surface area contributed by atoms with E-state index < -0.39 is 10.0 Å². The average molecular weight is 231 g/mol. The molecule has 0 bridgehead atoms. The van der Waals surface area contributed by atoms with Crippen LogP contribution in [0.3, 0.4) is 0 Å². The van der Waals surface area contributed by atoms with Crippen LogP contribution in [0, 0.1) is 19.8 Å². The first-order valence-corrected chi connectivity index (χ1v) is 6.35. The molecule has 0 atom stereocenters. The molecule has 1 rings (SSSR count). The molecule has 0 spiro atoms. The molecule has 86 valence electrons. The summed E-state index contributed by atoms with van der Waals surface area (Å²) in [6.07, 6.45) is 0. The van der Waals surface area contributed by atoms with Crippen LogP contribution in [0.25, 0.3) is 0 Å². The highest BCUT2D eigenvalue weighted by Gasteiger charge is 2.20. The topological polar surface area (TPSA) is 78.0 Å². The predicted molar refractivity (Wildman–Crippen MR) is 57.9 cm³/mol. The van der Waals surface area contributed by atoms with Crippen LogP contribution in [-0.2, 0) is 16.6 Å². The number of sulfonamides is 1. The Labute approximate surface area is 90.3 Å². The lowest BCUT2D eigenvalue weighted by Crippen LogP contribution is -2.15. The van der Waals surface area contributed by atoms with Crippen molar-refractivity contribution in [2.24, 2.45) is 11.1 Å². The van der Waals surface area contributed by atoms with E-state index in [0.29, 0.717) is 23.9 Å². The van der Waals surface area contributed by atoms with Gasteiger partial charge >= 0.3 is 0 Å². The summed E-state index contributed by atoms with van der Waals surface area (Å²) in [7, 11) is -3.66. The van der Waals surface area contributed by atoms with Gasteiger partial charge in [0.15, 0.2) is 0 Å². The zero-order chi connectivity index (χ0) is 11.8. The van der Waals surface area contributed by atoms with Gasteiger partial charge in [-0.3, -0.25) is 4.68 Å². The highest BCUT2D eigenvalue weighted by atomic mass is 32.2. The molecule has 15 heavy (non-hydrogen) atoms. The molecule has 1 aromatic rings. The lowest BCUT2D eigenvalue weighted by Gasteiger charge is -2.07. The number of hydrogen-bond acceptors (Lipinski definition) is 3. The molecule has 1 aromatic heterocycles. The molecule has 5 nitrogen and oxygen atoms in total. The van der Waals surface area contributed by atoms with Crippen LogP contribution >= 0.6 is 0 Å². The molecule has 0 aromatic carbocycles. The van der Waals surface area contributed by atoms with Crippen LogP contribution in [0.5, 0.6) is 0 Å². The van der Waals surface area contributed by atoms with Crippen LogP contribution < -0.4 is 5.14 Å². The Morgan fingerprint density at radius 3 is 2.27 bits per heavy atom. The summed E-state index contributed by atoms with van der Waals surface area (Å²) < 4.78 is 24.3. The molecule has 0 radical (unpaired) electrons. The molecule has 0 saturated heterocycles. The van der Waals surface area contributed by atoms with Crippen molar-refractivity contribution in [3.05, 3.63) is 11.4 Å². The standard InChI is InChI=1S/C9H17N3O2S/c1-6(2)5-12-8(4)9(7(3)11-12)15(10,13)14/h6H,5H2,1-4H3,(H2,10,13,14). The van der Waals surface area contributed by atoms with Gasteiger partial charge in [-0.1, -0.05) is 13.8 Å². The van der Waals surface area contributed by atoms with Crippen molar-refractivity contribution >= 4 is 10.0 Å². The van der Waals surface area contributed by atoms with Gasteiger partial charge in [-0.2, -0.15) is 5.10 Å². The van der Waals surface area contributed by atoms with Crippen molar-refractivity contribution in [2.75, 3.05) is 0 Å². The summed E-state index contributed by atoms with van der Waals surface area (Å²) in [5.74, 6) is 0.413. The number of nitrogens with zero attached hydrogens (tertiary/aromatic N) is 2. The third-order valence-corrected chi connectivity index (χ3v) is 3.30. The van der Waals surface area contributed by atoms with Gasteiger partial charge in [-0.05, 0) is 19.8 Å². The first-order valence-electron chi connectivity index (χ1n) is 4.80. The summed E-state index contributed by atoms with van der Waals surface area (Å²) >= 11 is 0. The third kappa shape index (κ3) is 2.57. The van der Waals surface area contributed by atoms with Gasteiger partial charge in [0, 0.05) is 6.54 Å². The Kier molecular flexibility index (Phi) is 3.20. The summed E-state index contributed by atoms with van der Waals surface area (Å²) in [4.78, 5) is 0.156. The molecule has 1 heterocycles. The van der Waals surface area contributed by atoms with Gasteiger partial charge in [-0.25, -0.2) is 13.6 Å². The molecule has 0 aliphatic rings. The Hall–Kier alpha value is -0.880. The number of aromatic nitrogens is 2. The second kappa shape index (κ2) is 3.94. The van der Waals surface area contributed by atoms with Gasteiger partial charge in [0.1, 0.15) is 4.90 Å². The Morgan fingerprint density at radius 1 is 1.40 bits per heavy atom. The maximum absolute atomic E-state index is 11.3. The fourth-order valence-electron chi connectivity index (χ4n) is 1.62. The van der Waals surface area contributed by atoms with Gasteiger partial charge < -0.3 is 0 Å². The number of hydrogen-bond donors (Lipinski definition) is 1. The number of rotatable bonds is 3. The van der Waals surface area contributed by atoms with E-state index in [1.807, 2.05) is 13.8 Å². The van der Waals surface area contributed by atoms with Crippen molar-refractivity contribution in [2.45, 2.75) is 39.1 Å². The zero-order valence-corrected chi connectivity index (χ0v) is 10.3. The molecular weight excluding hydrogens is 214 g/mol. The third-order valence-electron chi connectivity index (χ3n) is 2.14. The molecule has 0 unspecified atom stereocenters. The molecule has 2 N–H and O–H groups in total. The minimum absolute atomic E-state index is 0.156. The van der Waals surface area contributed by atoms with Crippen molar-refractivity contribution in [1.82, 2.24) is 9.78 Å². The quantitative estimate of drug-likeness (QED) is 0.836. The molecule has 0 aliphatic carbocycles. The van der Waals surface area contributed by atoms with Crippen molar-refractivity contribution in [3.8, 4) is 0 Å². The minimum atomic E-state index is -3.66. The first-order chi connectivity index (χ1) is 6.73. The minimum Gasteiger partial charge on any atom is -0.268 e. The Balaban J connectivity index is 3.27. The smallest absolute Gasteiger partial charge is 0.241 e. The van der Waals surface area contributed by atoms with Crippen molar-refractivity contribution in [3.63, 3.8) is 0 Å². The van der Waals surface area contributed by atoms with Crippen LogP contribution in [-0.4, -0.2) is 18.2 Å². The zero-order valence-electron chi connectivity index (χ0n) is 9.48. The van der Waals surface area contributed by atoms with E-state index in [0.717, 1.165) is 0 Å². The number of aryl methyl sites for hydroxylation is 1. The van der Waals surface area contributed by atoms with E-state index in [9.17, 15) is 8.42 Å². The lowest BCUT2D eigenvalue weighted by atomic mass is 10.2. The Bertz CT molecular complexity index is 460. The second-order valence-corrected chi connectivity index (χ2v) is 5.62. The maximum Gasteiger partial charge on any atom is 0.241 e. The van der Waals surface area contributed by atoms with E-state index in [-0.39, 0.29) is 4.90 Å². The summed E-state index contributed by atoms with van der Waals surface area (Å²) in [6, 6.07) is 0. The largest absolute Gasteiger partial charge is 0.268 e. The molecule has 0 saturated carbocycles. The van der Waals surface area contributed by atoms with E-state index in [1.165, 1.54) is 0 Å². The SMILES string of the molecule is Cc1nn(CC(C)C)c(C)c1S(N)(=O)=O. The van der Waals surface area contributed by atoms with E-state index >= 15 is 0 Å². The lowest BCUT2D eigenvalue weighted by molar-refractivity contribution is 0.472. The fourth-order valence-corrected chi connectivity index (χ4v) is 2.59. The van der Waals surface area contributed by atoms with Gasteiger partial charge in [0.2, 0.25) is 10.0 Å². The van der Waals surface area contributed by atoms with E-state index in [1.54, 1.807) is 18.5 Å². The van der Waals surface area contributed by atoms with Crippen LogP contribution in [0.4, 0.5) is 0 Å². The Morgan fingerprint density at radius 2 is 1.93 bits per heavy atom. The normalized spacial score (nSPS) is 12.4. The second-order valence-electron chi connectivity index (χ2n) is 4.12. The van der Waals surface area contributed by atoms with Crippen molar-refractivity contribution in [1.29, 1.82) is 0 Å². The van der Waals surface area contributed by atoms with Crippen LogP contribution in [0.1, 0.15) is 25.2 Å².